The van der Waals surface area contributed by atoms with E-state index in [9.17, 15) is 14.4 Å². The zero-order valence-corrected chi connectivity index (χ0v) is 15.9. The Bertz CT molecular complexity index is 1070. The first-order chi connectivity index (χ1) is 13.4. The zero-order valence-electron chi connectivity index (χ0n) is 15.9. The minimum atomic E-state index is -0.582. The molecule has 7 nitrogen and oxygen atoms in total. The van der Waals surface area contributed by atoms with Gasteiger partial charge in [-0.3, -0.25) is 9.59 Å². The van der Waals surface area contributed by atoms with Crippen LogP contribution in [0.25, 0.3) is 10.9 Å². The molecule has 0 radical (unpaired) electrons. The van der Waals surface area contributed by atoms with E-state index in [1.807, 2.05) is 0 Å². The van der Waals surface area contributed by atoms with Crippen LogP contribution >= 0.6 is 0 Å². The summed E-state index contributed by atoms with van der Waals surface area (Å²) in [7, 11) is 4.46. The molecule has 1 aromatic heterocycles. The number of amides is 1. The van der Waals surface area contributed by atoms with Gasteiger partial charge >= 0.3 is 5.97 Å². The molecule has 3 rings (SSSR count). The normalized spacial score (nSPS) is 10.7. The highest BCUT2D eigenvalue weighted by molar-refractivity contribution is 6.24. The van der Waals surface area contributed by atoms with Gasteiger partial charge in [0.25, 0.3) is 5.91 Å². The molecule has 0 bridgehead atoms. The van der Waals surface area contributed by atoms with Crippen molar-refractivity contribution in [2.45, 2.75) is 6.54 Å². The molecule has 0 fully saturated rings. The van der Waals surface area contributed by atoms with Gasteiger partial charge in [0.2, 0.25) is 0 Å². The molecular formula is C21H21N3O4. The predicted molar refractivity (Wildman–Crippen MR) is 105 cm³/mol. The Labute approximate surface area is 162 Å². The highest BCUT2D eigenvalue weighted by Crippen LogP contribution is 2.29. The summed E-state index contributed by atoms with van der Waals surface area (Å²) in [6.45, 7) is 0.360. The van der Waals surface area contributed by atoms with E-state index in [1.54, 1.807) is 56.6 Å². The first kappa shape index (κ1) is 19.3. The summed E-state index contributed by atoms with van der Waals surface area (Å²) in [5.74, 6) is -1.31. The first-order valence-electron chi connectivity index (χ1n) is 8.67. The molecule has 0 unspecified atom stereocenters. The Kier molecular flexibility index (Phi) is 5.28. The molecule has 1 heterocycles. The molecule has 0 aliphatic rings. The Morgan fingerprint density at radius 1 is 1.07 bits per heavy atom. The molecule has 144 valence electrons. The lowest BCUT2D eigenvalue weighted by Crippen LogP contribution is -2.24. The lowest BCUT2D eigenvalue weighted by Gasteiger charge is -2.11. The Morgan fingerprint density at radius 2 is 1.75 bits per heavy atom. The fourth-order valence-corrected chi connectivity index (χ4v) is 3.08. The number of carbonyl (C=O) groups excluding carboxylic acids is 3. The van der Waals surface area contributed by atoms with Crippen molar-refractivity contribution in [2.75, 3.05) is 21.2 Å². The average Bonchev–Trinajstić information content (AvgIpc) is 3.11. The summed E-state index contributed by atoms with van der Waals surface area (Å²) in [4.78, 5) is 42.7. The number of esters is 1. The van der Waals surface area contributed by atoms with E-state index in [0.717, 1.165) is 5.56 Å². The van der Waals surface area contributed by atoms with Gasteiger partial charge in [-0.05, 0) is 17.7 Å². The van der Waals surface area contributed by atoms with Crippen LogP contribution in [-0.2, 0) is 11.3 Å². The van der Waals surface area contributed by atoms with E-state index in [2.05, 4.69) is 4.98 Å². The van der Waals surface area contributed by atoms with Crippen molar-refractivity contribution in [1.82, 2.24) is 9.88 Å². The first-order valence-corrected chi connectivity index (χ1v) is 8.67. The number of nitrogens with one attached hydrogen (secondary N) is 1. The summed E-state index contributed by atoms with van der Waals surface area (Å²) in [6, 6.07) is 11.8. The molecule has 0 aliphatic carbocycles. The van der Waals surface area contributed by atoms with Crippen LogP contribution in [0.3, 0.4) is 0 Å². The lowest BCUT2D eigenvalue weighted by molar-refractivity contribution is 0.0602. The van der Waals surface area contributed by atoms with Crippen molar-refractivity contribution >= 4 is 28.6 Å². The number of methoxy groups -OCH3 is 1. The summed E-state index contributed by atoms with van der Waals surface area (Å²) in [5, 5.41) is 0.368. The number of aromatic nitrogens is 1. The van der Waals surface area contributed by atoms with Crippen molar-refractivity contribution in [3.8, 4) is 0 Å². The number of rotatable bonds is 5. The summed E-state index contributed by atoms with van der Waals surface area (Å²) in [5.41, 5.74) is 7.90. The summed E-state index contributed by atoms with van der Waals surface area (Å²) in [6.07, 6.45) is 0. The molecule has 3 aromatic rings. The van der Waals surface area contributed by atoms with E-state index in [4.69, 9.17) is 10.5 Å². The second-order valence-corrected chi connectivity index (χ2v) is 6.52. The third-order valence-electron chi connectivity index (χ3n) is 4.53. The van der Waals surface area contributed by atoms with E-state index in [-0.39, 0.29) is 28.5 Å². The van der Waals surface area contributed by atoms with Gasteiger partial charge in [0, 0.05) is 37.1 Å². The van der Waals surface area contributed by atoms with Crippen molar-refractivity contribution in [2.24, 2.45) is 5.73 Å². The van der Waals surface area contributed by atoms with Crippen LogP contribution in [0.2, 0.25) is 0 Å². The maximum atomic E-state index is 13.4. The quantitative estimate of drug-likeness (QED) is 0.523. The molecule has 7 heteroatoms. The number of carbonyl (C=O) groups is 3. The Morgan fingerprint density at radius 3 is 2.32 bits per heavy atom. The van der Waals surface area contributed by atoms with Crippen molar-refractivity contribution < 1.29 is 19.1 Å². The minimum Gasteiger partial charge on any atom is -0.465 e. The van der Waals surface area contributed by atoms with Crippen LogP contribution in [0.5, 0.6) is 0 Å². The largest absolute Gasteiger partial charge is 0.465 e. The predicted octanol–water partition coefficient (Wildman–Crippen LogP) is 2.35. The fourth-order valence-electron chi connectivity index (χ4n) is 3.08. The minimum absolute atomic E-state index is 0.129. The molecule has 0 atom stereocenters. The Balaban J connectivity index is 2.30. The number of nitrogens with zero attached hydrogens (tertiary/aromatic N) is 1. The van der Waals surface area contributed by atoms with E-state index >= 15 is 0 Å². The summed E-state index contributed by atoms with van der Waals surface area (Å²) < 4.78 is 4.86. The molecule has 0 saturated heterocycles. The van der Waals surface area contributed by atoms with Crippen molar-refractivity contribution in [1.29, 1.82) is 0 Å². The highest BCUT2D eigenvalue weighted by Gasteiger charge is 2.28. The molecule has 1 amide bonds. The van der Waals surface area contributed by atoms with Crippen LogP contribution in [0.1, 0.15) is 42.3 Å². The second kappa shape index (κ2) is 7.66. The fraction of sp³-hybridized carbons (Fsp3) is 0.190. The number of ketones is 1. The van der Waals surface area contributed by atoms with Gasteiger partial charge in [-0.2, -0.15) is 0 Å². The number of benzene rings is 2. The van der Waals surface area contributed by atoms with Gasteiger partial charge in [0.1, 0.15) is 5.69 Å². The number of hydrogen-bond acceptors (Lipinski definition) is 5. The molecule has 28 heavy (non-hydrogen) atoms. The van der Waals surface area contributed by atoms with Gasteiger partial charge in [0.05, 0.1) is 18.2 Å². The van der Waals surface area contributed by atoms with Gasteiger partial charge in [-0.15, -0.1) is 0 Å². The van der Waals surface area contributed by atoms with Crippen LogP contribution in [0, 0.1) is 0 Å². The molecule has 0 spiro atoms. The maximum Gasteiger partial charge on any atom is 0.338 e. The monoisotopic (exact) mass is 379 g/mol. The number of hydrogen-bond donors (Lipinski definition) is 2. The molecule has 2 aromatic carbocycles. The standard InChI is InChI=1S/C21H21N3O4/c1-24(2)20(26)18-17(19(25)13-9-7-12(11-22)8-10-13)16-14(21(27)28-3)5-4-6-15(16)23-18/h4-10,23H,11,22H2,1-3H3. The summed E-state index contributed by atoms with van der Waals surface area (Å²) >= 11 is 0. The number of ether oxygens (including phenoxy) is 1. The number of aromatic amines is 1. The van der Waals surface area contributed by atoms with Crippen LogP contribution < -0.4 is 5.73 Å². The van der Waals surface area contributed by atoms with Gasteiger partial charge in [-0.1, -0.05) is 30.3 Å². The molecule has 0 aliphatic heterocycles. The van der Waals surface area contributed by atoms with Crippen LogP contribution in [0.4, 0.5) is 0 Å². The van der Waals surface area contributed by atoms with E-state index in [1.165, 1.54) is 12.0 Å². The number of nitrogens with two attached hydrogens (primary N) is 1. The third-order valence-corrected chi connectivity index (χ3v) is 4.53. The Hall–Kier alpha value is -3.45. The topological polar surface area (TPSA) is 105 Å². The van der Waals surface area contributed by atoms with Crippen LogP contribution in [-0.4, -0.2) is 48.7 Å². The highest BCUT2D eigenvalue weighted by atomic mass is 16.5. The number of H-pyrrole nitrogens is 1. The average molecular weight is 379 g/mol. The van der Waals surface area contributed by atoms with Gasteiger partial charge < -0.3 is 20.4 Å². The molecule has 0 saturated carbocycles. The van der Waals surface area contributed by atoms with E-state index < -0.39 is 5.97 Å². The SMILES string of the molecule is COC(=O)c1cccc2[nH]c(C(=O)N(C)C)c(C(=O)c3ccc(CN)cc3)c12. The third kappa shape index (κ3) is 3.27. The van der Waals surface area contributed by atoms with E-state index in [0.29, 0.717) is 23.0 Å². The smallest absolute Gasteiger partial charge is 0.338 e. The number of fused-ring (bicyclic) bond motifs is 1. The maximum absolute atomic E-state index is 13.4. The molecule has 3 N–H and O–H groups in total. The lowest BCUT2D eigenvalue weighted by atomic mass is 9.96. The van der Waals surface area contributed by atoms with Crippen molar-refractivity contribution in [3.05, 3.63) is 70.4 Å². The van der Waals surface area contributed by atoms with Gasteiger partial charge in [0.15, 0.2) is 5.78 Å². The zero-order chi connectivity index (χ0) is 20.4. The second-order valence-electron chi connectivity index (χ2n) is 6.52. The van der Waals surface area contributed by atoms with Gasteiger partial charge in [-0.25, -0.2) is 4.79 Å². The van der Waals surface area contributed by atoms with Crippen molar-refractivity contribution in [3.63, 3.8) is 0 Å². The molecular weight excluding hydrogens is 358 g/mol. The van der Waals surface area contributed by atoms with Crippen LogP contribution in [0.15, 0.2) is 42.5 Å².